The first-order valence-corrected chi connectivity index (χ1v) is 13.5. The van der Waals surface area contributed by atoms with Crippen molar-refractivity contribution in [2.45, 2.75) is 71.8 Å². The molecule has 0 atom stereocenters. The van der Waals surface area contributed by atoms with E-state index in [1.165, 1.54) is 4.31 Å². The first kappa shape index (κ1) is 26.5. The van der Waals surface area contributed by atoms with Gasteiger partial charge in [-0.2, -0.15) is 4.31 Å². The average Bonchev–Trinajstić information content (AvgIpc) is 2.76. The smallest absolute Gasteiger partial charge is 0.410 e. The highest BCUT2D eigenvalue weighted by molar-refractivity contribution is 7.89. The van der Waals surface area contributed by atoms with Crippen molar-refractivity contribution < 1.29 is 22.7 Å². The molecule has 0 N–H and O–H groups in total. The van der Waals surface area contributed by atoms with Gasteiger partial charge in [-0.05, 0) is 83.6 Å². The van der Waals surface area contributed by atoms with Crippen molar-refractivity contribution in [2.24, 2.45) is 5.92 Å². The van der Waals surface area contributed by atoms with Gasteiger partial charge in [0.15, 0.2) is 0 Å². The second-order valence-corrected chi connectivity index (χ2v) is 12.4. The molecule has 2 aliphatic rings. The Labute approximate surface area is 204 Å². The van der Waals surface area contributed by atoms with Crippen LogP contribution in [0.3, 0.4) is 0 Å². The van der Waals surface area contributed by atoms with Crippen LogP contribution >= 0.6 is 0 Å². The van der Waals surface area contributed by atoms with Crippen LogP contribution in [0.15, 0.2) is 11.0 Å². The van der Waals surface area contributed by atoms with Gasteiger partial charge in [-0.25, -0.2) is 13.2 Å². The lowest BCUT2D eigenvalue weighted by Gasteiger charge is -2.38. The normalized spacial score (nSPS) is 18.8. The second kappa shape index (κ2) is 9.85. The highest BCUT2D eigenvalue weighted by Crippen LogP contribution is 2.30. The zero-order chi connectivity index (χ0) is 25.4. The summed E-state index contributed by atoms with van der Waals surface area (Å²) in [5, 5.41) is 0. The predicted octanol–water partition coefficient (Wildman–Crippen LogP) is 3.40. The van der Waals surface area contributed by atoms with Crippen LogP contribution in [0.2, 0.25) is 0 Å². The molecule has 3 rings (SSSR count). The fourth-order valence-corrected chi connectivity index (χ4v) is 6.74. The number of piperidine rings is 1. The van der Waals surface area contributed by atoms with Gasteiger partial charge in [0.25, 0.3) is 0 Å². The van der Waals surface area contributed by atoms with Crippen LogP contribution in [-0.2, 0) is 19.6 Å². The van der Waals surface area contributed by atoms with Gasteiger partial charge < -0.3 is 14.5 Å². The zero-order valence-electron chi connectivity index (χ0n) is 21.6. The molecule has 34 heavy (non-hydrogen) atoms. The van der Waals surface area contributed by atoms with Gasteiger partial charge in [0, 0.05) is 45.2 Å². The van der Waals surface area contributed by atoms with E-state index in [2.05, 4.69) is 0 Å². The first-order chi connectivity index (χ1) is 15.7. The largest absolute Gasteiger partial charge is 0.444 e. The van der Waals surface area contributed by atoms with Crippen molar-refractivity contribution in [3.8, 4) is 0 Å². The number of hydrogen-bond donors (Lipinski definition) is 0. The van der Waals surface area contributed by atoms with E-state index in [0.717, 1.165) is 22.3 Å². The molecule has 2 amide bonds. The number of amides is 2. The fourth-order valence-electron chi connectivity index (χ4n) is 4.74. The average molecular weight is 494 g/mol. The second-order valence-electron chi connectivity index (χ2n) is 10.6. The Morgan fingerprint density at radius 2 is 1.35 bits per heavy atom. The Kier molecular flexibility index (Phi) is 7.67. The Morgan fingerprint density at radius 1 is 0.853 bits per heavy atom. The number of ether oxygens (including phenoxy) is 1. The molecule has 0 bridgehead atoms. The first-order valence-electron chi connectivity index (χ1n) is 12.1. The van der Waals surface area contributed by atoms with Crippen LogP contribution < -0.4 is 0 Å². The molecule has 0 saturated carbocycles. The quantitative estimate of drug-likeness (QED) is 0.644. The van der Waals surface area contributed by atoms with E-state index in [-0.39, 0.29) is 31.0 Å². The van der Waals surface area contributed by atoms with E-state index < -0.39 is 15.6 Å². The number of carbonyl (C=O) groups excluding carboxylic acids is 2. The third-order valence-electron chi connectivity index (χ3n) is 6.94. The van der Waals surface area contributed by atoms with Crippen LogP contribution in [0.25, 0.3) is 0 Å². The van der Waals surface area contributed by atoms with Gasteiger partial charge in [0.1, 0.15) is 5.60 Å². The molecule has 2 saturated heterocycles. The number of likely N-dealkylation sites (tertiary alicyclic amines) is 1. The fraction of sp³-hybridized carbons (Fsp3) is 0.680. The minimum absolute atomic E-state index is 0.0552. The van der Waals surface area contributed by atoms with Crippen molar-refractivity contribution in [3.63, 3.8) is 0 Å². The number of hydrogen-bond acceptors (Lipinski definition) is 5. The molecular formula is C25H39N3O5S. The van der Waals surface area contributed by atoms with Gasteiger partial charge in [0.2, 0.25) is 15.9 Å². The van der Waals surface area contributed by atoms with E-state index in [9.17, 15) is 18.0 Å². The summed E-state index contributed by atoms with van der Waals surface area (Å²) in [5.74, 6) is -0.0922. The van der Waals surface area contributed by atoms with E-state index in [1.54, 1.807) is 9.80 Å². The van der Waals surface area contributed by atoms with Crippen molar-refractivity contribution in [1.29, 1.82) is 0 Å². The Bertz CT molecular complexity index is 1020. The summed E-state index contributed by atoms with van der Waals surface area (Å²) in [6.45, 7) is 15.4. The van der Waals surface area contributed by atoms with Crippen molar-refractivity contribution in [2.75, 3.05) is 39.3 Å². The highest BCUT2D eigenvalue weighted by Gasteiger charge is 2.36. The molecule has 190 valence electrons. The van der Waals surface area contributed by atoms with Crippen LogP contribution in [0, 0.1) is 33.6 Å². The third kappa shape index (κ3) is 5.57. The van der Waals surface area contributed by atoms with Crippen LogP contribution in [0.4, 0.5) is 4.79 Å². The molecule has 0 radical (unpaired) electrons. The number of carbonyl (C=O) groups is 2. The summed E-state index contributed by atoms with van der Waals surface area (Å²) in [5.41, 5.74) is 2.97. The van der Waals surface area contributed by atoms with Gasteiger partial charge in [-0.15, -0.1) is 0 Å². The molecular weight excluding hydrogens is 454 g/mol. The molecule has 0 aliphatic carbocycles. The lowest BCUT2D eigenvalue weighted by Crippen LogP contribution is -2.53. The summed E-state index contributed by atoms with van der Waals surface area (Å²) in [6, 6.07) is 2.02. The SMILES string of the molecule is Cc1cc(C)c(C)c(S(=O)(=O)N2CCN(C(=O)C3CCN(C(=O)OC(C)(C)C)CC3)CC2)c1C. The van der Waals surface area contributed by atoms with Gasteiger partial charge in [0.05, 0.1) is 4.90 Å². The number of nitrogens with zero attached hydrogens (tertiary/aromatic N) is 3. The van der Waals surface area contributed by atoms with Gasteiger partial charge >= 0.3 is 6.09 Å². The van der Waals surface area contributed by atoms with E-state index in [1.807, 2.05) is 54.5 Å². The minimum Gasteiger partial charge on any atom is -0.444 e. The maximum atomic E-state index is 13.5. The standard InChI is InChI=1S/C25H39N3O5S/c1-17-16-18(2)20(4)22(19(17)3)34(31,32)28-14-12-26(13-15-28)23(29)21-8-10-27(11-9-21)24(30)33-25(5,6)7/h16,21H,8-15H2,1-7H3. The Balaban J connectivity index is 1.59. The summed E-state index contributed by atoms with van der Waals surface area (Å²) in [7, 11) is -3.64. The van der Waals surface area contributed by atoms with Crippen LogP contribution in [0.1, 0.15) is 55.9 Å². The number of piperazine rings is 1. The molecule has 0 unspecified atom stereocenters. The molecule has 9 heteroatoms. The molecule has 2 fully saturated rings. The number of rotatable bonds is 3. The van der Waals surface area contributed by atoms with E-state index in [0.29, 0.717) is 43.9 Å². The van der Waals surface area contributed by atoms with Crippen molar-refractivity contribution in [3.05, 3.63) is 28.3 Å². The molecule has 1 aromatic rings. The summed E-state index contributed by atoms with van der Waals surface area (Å²) >= 11 is 0. The van der Waals surface area contributed by atoms with Crippen molar-refractivity contribution >= 4 is 22.0 Å². The number of benzene rings is 1. The van der Waals surface area contributed by atoms with E-state index in [4.69, 9.17) is 4.74 Å². The molecule has 2 aliphatic heterocycles. The lowest BCUT2D eigenvalue weighted by atomic mass is 9.95. The summed E-state index contributed by atoms with van der Waals surface area (Å²) in [6.07, 6.45) is 0.851. The maximum Gasteiger partial charge on any atom is 0.410 e. The Hall–Kier alpha value is -2.13. The molecule has 8 nitrogen and oxygen atoms in total. The molecule has 1 aromatic carbocycles. The van der Waals surface area contributed by atoms with Crippen LogP contribution in [-0.4, -0.2) is 79.4 Å². The monoisotopic (exact) mass is 493 g/mol. The molecule has 0 aromatic heterocycles. The lowest BCUT2D eigenvalue weighted by molar-refractivity contribution is -0.138. The van der Waals surface area contributed by atoms with E-state index >= 15 is 0 Å². The Morgan fingerprint density at radius 3 is 1.82 bits per heavy atom. The van der Waals surface area contributed by atoms with Gasteiger partial charge in [-0.3, -0.25) is 4.79 Å². The predicted molar refractivity (Wildman–Crippen MR) is 131 cm³/mol. The highest BCUT2D eigenvalue weighted by atomic mass is 32.2. The maximum absolute atomic E-state index is 13.5. The molecule has 0 spiro atoms. The minimum atomic E-state index is -3.64. The summed E-state index contributed by atoms with van der Waals surface area (Å²) < 4.78 is 33.9. The molecule has 2 heterocycles. The zero-order valence-corrected chi connectivity index (χ0v) is 22.4. The van der Waals surface area contributed by atoms with Crippen molar-refractivity contribution in [1.82, 2.24) is 14.1 Å². The topological polar surface area (TPSA) is 87.2 Å². The number of sulfonamides is 1. The summed E-state index contributed by atoms with van der Waals surface area (Å²) in [4.78, 5) is 29.2. The third-order valence-corrected chi connectivity index (χ3v) is 9.11. The van der Waals surface area contributed by atoms with Gasteiger partial charge in [-0.1, -0.05) is 6.07 Å². The number of aryl methyl sites for hydroxylation is 2. The van der Waals surface area contributed by atoms with Crippen LogP contribution in [0.5, 0.6) is 0 Å².